The van der Waals surface area contributed by atoms with Crippen LogP contribution in [0.1, 0.15) is 0 Å². The lowest BCUT2D eigenvalue weighted by atomic mass is 10.2. The Morgan fingerprint density at radius 1 is 1.00 bits per heavy atom. The molecule has 0 radical (unpaired) electrons. The van der Waals surface area contributed by atoms with Crippen molar-refractivity contribution in [3.63, 3.8) is 0 Å². The molecule has 0 N–H and O–H groups in total. The molecule has 0 bridgehead atoms. The van der Waals surface area contributed by atoms with E-state index < -0.39 is 0 Å². The van der Waals surface area contributed by atoms with Crippen molar-refractivity contribution in [1.82, 2.24) is 9.55 Å². The van der Waals surface area contributed by atoms with E-state index in [1.807, 2.05) is 35.0 Å². The molecule has 3 aromatic rings. The van der Waals surface area contributed by atoms with Gasteiger partial charge in [-0.05, 0) is 30.3 Å². The molecule has 0 saturated carbocycles. The van der Waals surface area contributed by atoms with E-state index in [1.54, 1.807) is 18.3 Å². The quantitative estimate of drug-likeness (QED) is 0.605. The molecule has 0 aliphatic carbocycles. The molecule has 0 aliphatic heterocycles. The predicted molar refractivity (Wildman–Crippen MR) is 61.0 cm³/mol. The van der Waals surface area contributed by atoms with Gasteiger partial charge >= 0.3 is 0 Å². The SMILES string of the molecule is Fc1cccc2c1ccn2-c1ccccn1. The third kappa shape index (κ3) is 1.29. The zero-order valence-electron chi connectivity index (χ0n) is 8.47. The fourth-order valence-electron chi connectivity index (χ4n) is 1.83. The summed E-state index contributed by atoms with van der Waals surface area (Å²) >= 11 is 0. The minimum atomic E-state index is -0.202. The zero-order valence-corrected chi connectivity index (χ0v) is 8.47. The number of benzene rings is 1. The van der Waals surface area contributed by atoms with E-state index in [-0.39, 0.29) is 5.82 Å². The number of hydrogen-bond acceptors (Lipinski definition) is 1. The van der Waals surface area contributed by atoms with Crippen LogP contribution >= 0.6 is 0 Å². The van der Waals surface area contributed by atoms with Crippen LogP contribution in [0.4, 0.5) is 4.39 Å². The molecule has 0 fully saturated rings. The summed E-state index contributed by atoms with van der Waals surface area (Å²) in [5.41, 5.74) is 0.832. The van der Waals surface area contributed by atoms with Crippen molar-refractivity contribution in [2.24, 2.45) is 0 Å². The van der Waals surface area contributed by atoms with E-state index >= 15 is 0 Å². The molecule has 0 spiro atoms. The van der Waals surface area contributed by atoms with Gasteiger partial charge in [-0.2, -0.15) is 0 Å². The van der Waals surface area contributed by atoms with Crippen molar-refractivity contribution in [3.8, 4) is 5.82 Å². The first kappa shape index (κ1) is 9.09. The maximum Gasteiger partial charge on any atom is 0.137 e. The number of rotatable bonds is 1. The van der Waals surface area contributed by atoms with Crippen molar-refractivity contribution in [2.75, 3.05) is 0 Å². The Bertz CT molecular complexity index is 629. The van der Waals surface area contributed by atoms with Crippen LogP contribution in [0.5, 0.6) is 0 Å². The lowest BCUT2D eigenvalue weighted by Crippen LogP contribution is -1.94. The Labute approximate surface area is 92.0 Å². The highest BCUT2D eigenvalue weighted by atomic mass is 19.1. The largest absolute Gasteiger partial charge is 0.301 e. The maximum atomic E-state index is 13.5. The average molecular weight is 212 g/mol. The summed E-state index contributed by atoms with van der Waals surface area (Å²) in [5.74, 6) is 0.593. The molecule has 0 aliphatic rings. The zero-order chi connectivity index (χ0) is 11.0. The lowest BCUT2D eigenvalue weighted by Gasteiger charge is -2.03. The summed E-state index contributed by atoms with van der Waals surface area (Å²) in [6.07, 6.45) is 3.55. The standard InChI is InChI=1S/C13H9FN2/c14-11-4-3-5-12-10(11)7-9-16(12)13-6-1-2-8-15-13/h1-9H. The van der Waals surface area contributed by atoms with Gasteiger partial charge in [-0.1, -0.05) is 12.1 Å². The highest BCUT2D eigenvalue weighted by Gasteiger charge is 2.06. The van der Waals surface area contributed by atoms with E-state index in [0.717, 1.165) is 11.3 Å². The van der Waals surface area contributed by atoms with Crippen LogP contribution in [0.3, 0.4) is 0 Å². The van der Waals surface area contributed by atoms with E-state index in [2.05, 4.69) is 4.98 Å². The van der Waals surface area contributed by atoms with Crippen LogP contribution in [0.15, 0.2) is 54.9 Å². The Kier molecular flexibility index (Phi) is 1.96. The van der Waals surface area contributed by atoms with Gasteiger partial charge in [-0.25, -0.2) is 9.37 Å². The second-order valence-corrected chi connectivity index (χ2v) is 3.55. The van der Waals surface area contributed by atoms with Crippen molar-refractivity contribution in [1.29, 1.82) is 0 Å². The van der Waals surface area contributed by atoms with E-state index in [0.29, 0.717) is 5.39 Å². The molecule has 2 aromatic heterocycles. The summed E-state index contributed by atoms with van der Waals surface area (Å²) in [4.78, 5) is 4.24. The van der Waals surface area contributed by atoms with E-state index in [1.165, 1.54) is 6.07 Å². The molecule has 2 nitrogen and oxygen atoms in total. The van der Waals surface area contributed by atoms with Gasteiger partial charge in [0.1, 0.15) is 11.6 Å². The fourth-order valence-corrected chi connectivity index (χ4v) is 1.83. The van der Waals surface area contributed by atoms with Crippen LogP contribution in [0.2, 0.25) is 0 Å². The van der Waals surface area contributed by atoms with Gasteiger partial charge in [-0.3, -0.25) is 0 Å². The highest BCUT2D eigenvalue weighted by Crippen LogP contribution is 2.21. The first-order chi connectivity index (χ1) is 7.86. The minimum absolute atomic E-state index is 0.202. The molecule has 0 unspecified atom stereocenters. The molecular weight excluding hydrogens is 203 g/mol. The van der Waals surface area contributed by atoms with Crippen molar-refractivity contribution in [3.05, 3.63) is 60.7 Å². The van der Waals surface area contributed by atoms with E-state index in [9.17, 15) is 4.39 Å². The average Bonchev–Trinajstić information content (AvgIpc) is 2.75. The molecule has 16 heavy (non-hydrogen) atoms. The number of fused-ring (bicyclic) bond motifs is 1. The predicted octanol–water partition coefficient (Wildman–Crippen LogP) is 3.16. The molecule has 3 rings (SSSR count). The number of pyridine rings is 1. The topological polar surface area (TPSA) is 17.8 Å². The minimum Gasteiger partial charge on any atom is -0.301 e. The Hall–Kier alpha value is -2.16. The summed E-state index contributed by atoms with van der Waals surface area (Å²) in [6, 6.07) is 12.5. The number of nitrogens with zero attached hydrogens (tertiary/aromatic N) is 2. The first-order valence-corrected chi connectivity index (χ1v) is 5.03. The number of aromatic nitrogens is 2. The Morgan fingerprint density at radius 2 is 1.94 bits per heavy atom. The lowest BCUT2D eigenvalue weighted by molar-refractivity contribution is 0.640. The van der Waals surface area contributed by atoms with Crippen LogP contribution in [-0.2, 0) is 0 Å². The number of halogens is 1. The van der Waals surface area contributed by atoms with Gasteiger partial charge in [0.2, 0.25) is 0 Å². The molecule has 0 saturated heterocycles. The highest BCUT2D eigenvalue weighted by molar-refractivity contribution is 5.82. The van der Waals surface area contributed by atoms with Crippen LogP contribution in [-0.4, -0.2) is 9.55 Å². The molecule has 78 valence electrons. The van der Waals surface area contributed by atoms with Crippen molar-refractivity contribution < 1.29 is 4.39 Å². The summed E-state index contributed by atoms with van der Waals surface area (Å²) in [7, 11) is 0. The second kappa shape index (κ2) is 3.45. The Morgan fingerprint density at radius 3 is 2.75 bits per heavy atom. The monoisotopic (exact) mass is 212 g/mol. The summed E-state index contributed by atoms with van der Waals surface area (Å²) in [5, 5.41) is 0.619. The van der Waals surface area contributed by atoms with Gasteiger partial charge in [0.25, 0.3) is 0 Å². The third-order valence-corrected chi connectivity index (χ3v) is 2.58. The maximum absolute atomic E-state index is 13.5. The van der Waals surface area contributed by atoms with Gasteiger partial charge in [0.15, 0.2) is 0 Å². The van der Waals surface area contributed by atoms with Crippen LogP contribution in [0, 0.1) is 5.82 Å². The van der Waals surface area contributed by atoms with E-state index in [4.69, 9.17) is 0 Å². The van der Waals surface area contributed by atoms with Crippen LogP contribution < -0.4 is 0 Å². The smallest absolute Gasteiger partial charge is 0.137 e. The molecule has 1 aromatic carbocycles. The molecule has 0 atom stereocenters. The molecule has 0 amide bonds. The van der Waals surface area contributed by atoms with Gasteiger partial charge in [0, 0.05) is 17.8 Å². The number of hydrogen-bond donors (Lipinski definition) is 0. The van der Waals surface area contributed by atoms with Gasteiger partial charge in [-0.15, -0.1) is 0 Å². The van der Waals surface area contributed by atoms with Gasteiger partial charge in [0.05, 0.1) is 5.52 Å². The normalized spacial score (nSPS) is 10.8. The molecule has 3 heteroatoms. The fraction of sp³-hybridized carbons (Fsp3) is 0. The van der Waals surface area contributed by atoms with Gasteiger partial charge < -0.3 is 4.57 Å². The molecular formula is C13H9FN2. The Balaban J connectivity index is 2.30. The first-order valence-electron chi connectivity index (χ1n) is 5.03. The molecule has 2 heterocycles. The summed E-state index contributed by atoms with van der Waals surface area (Å²) in [6.45, 7) is 0. The van der Waals surface area contributed by atoms with Crippen LogP contribution in [0.25, 0.3) is 16.7 Å². The van der Waals surface area contributed by atoms with Crippen molar-refractivity contribution >= 4 is 10.9 Å². The third-order valence-electron chi connectivity index (χ3n) is 2.58. The second-order valence-electron chi connectivity index (χ2n) is 3.55. The summed E-state index contributed by atoms with van der Waals surface area (Å²) < 4.78 is 15.4. The van der Waals surface area contributed by atoms with Crippen molar-refractivity contribution in [2.45, 2.75) is 0 Å².